The molecule has 1 unspecified atom stereocenters. The molecule has 26 heavy (non-hydrogen) atoms. The smallest absolute Gasteiger partial charge is 0.229 e. The fourth-order valence-corrected chi connectivity index (χ4v) is 4.62. The number of hydrogen-bond acceptors (Lipinski definition) is 3. The number of nitrogens with one attached hydrogen (secondary N) is 1. The van der Waals surface area contributed by atoms with E-state index in [1.807, 2.05) is 24.0 Å². The molecule has 6 heteroatoms. The van der Waals surface area contributed by atoms with E-state index in [1.165, 1.54) is 12.8 Å². The molecule has 0 radical (unpaired) electrons. The normalized spacial score (nSPS) is 26.1. The fraction of sp³-hybridized carbons (Fsp3) is 0.600. The zero-order valence-corrected chi connectivity index (χ0v) is 17.3. The van der Waals surface area contributed by atoms with E-state index in [0.29, 0.717) is 30.4 Å². The summed E-state index contributed by atoms with van der Waals surface area (Å²) in [5.74, 6) is 1.08. The van der Waals surface area contributed by atoms with Gasteiger partial charge in [-0.05, 0) is 56.2 Å². The summed E-state index contributed by atoms with van der Waals surface area (Å²) in [6, 6.07) is 4.08. The average Bonchev–Trinajstić information content (AvgIpc) is 2.99. The average molecular weight is 423 g/mol. The number of amides is 2. The third-order valence-corrected chi connectivity index (χ3v) is 6.15. The van der Waals surface area contributed by atoms with Gasteiger partial charge in [-0.15, -0.1) is 0 Å². The van der Waals surface area contributed by atoms with Crippen molar-refractivity contribution in [1.82, 2.24) is 4.90 Å². The molecular weight excluding hydrogens is 396 g/mol. The fourth-order valence-electron chi connectivity index (χ4n) is 4.07. The Kier molecular flexibility index (Phi) is 5.90. The Labute approximate surface area is 163 Å². The minimum atomic E-state index is -0.297. The van der Waals surface area contributed by atoms with Crippen molar-refractivity contribution >= 4 is 33.4 Å². The summed E-state index contributed by atoms with van der Waals surface area (Å²) >= 11 is 3.44. The van der Waals surface area contributed by atoms with Gasteiger partial charge >= 0.3 is 0 Å². The number of rotatable bonds is 4. The van der Waals surface area contributed by atoms with Crippen LogP contribution in [0, 0.1) is 18.8 Å². The number of benzene rings is 1. The quantitative estimate of drug-likeness (QED) is 0.792. The molecule has 1 aliphatic heterocycles. The van der Waals surface area contributed by atoms with E-state index in [-0.39, 0.29) is 17.7 Å². The third-order valence-electron chi connectivity index (χ3n) is 5.69. The van der Waals surface area contributed by atoms with Crippen molar-refractivity contribution in [2.75, 3.05) is 19.0 Å². The van der Waals surface area contributed by atoms with Crippen molar-refractivity contribution in [3.05, 3.63) is 22.2 Å². The minimum Gasteiger partial charge on any atom is -0.495 e. The first-order valence-electron chi connectivity index (χ1n) is 9.33. The summed E-state index contributed by atoms with van der Waals surface area (Å²) in [5.41, 5.74) is 1.60. The second-order valence-corrected chi connectivity index (χ2v) is 8.57. The van der Waals surface area contributed by atoms with E-state index in [4.69, 9.17) is 4.74 Å². The predicted octanol–water partition coefficient (Wildman–Crippen LogP) is 4.13. The molecule has 1 saturated carbocycles. The molecule has 142 valence electrons. The Morgan fingerprint density at radius 2 is 1.96 bits per heavy atom. The summed E-state index contributed by atoms with van der Waals surface area (Å²) in [6.07, 6.45) is 4.75. The SMILES string of the molecule is COc1cc(Br)cc(C)c1NC(=O)C1CC(=O)N(C2CCC(C)CC2)C1. The number of ether oxygens (including phenoxy) is 1. The van der Waals surface area contributed by atoms with Gasteiger partial charge in [0.05, 0.1) is 18.7 Å². The number of carbonyl (C=O) groups excluding carboxylic acids is 2. The number of anilines is 1. The van der Waals surface area contributed by atoms with Crippen molar-refractivity contribution in [1.29, 1.82) is 0 Å². The zero-order valence-electron chi connectivity index (χ0n) is 15.7. The highest BCUT2D eigenvalue weighted by Crippen LogP contribution is 2.34. The first kappa shape index (κ1) is 19.2. The monoisotopic (exact) mass is 422 g/mol. The van der Waals surface area contributed by atoms with Crippen LogP contribution in [0.2, 0.25) is 0 Å². The maximum atomic E-state index is 12.8. The number of carbonyl (C=O) groups is 2. The predicted molar refractivity (Wildman–Crippen MR) is 105 cm³/mol. The van der Waals surface area contributed by atoms with Crippen LogP contribution in [0.15, 0.2) is 16.6 Å². The number of halogens is 1. The second kappa shape index (κ2) is 7.99. The summed E-state index contributed by atoms with van der Waals surface area (Å²) in [7, 11) is 1.59. The molecule has 1 aliphatic carbocycles. The lowest BCUT2D eigenvalue weighted by atomic mass is 9.87. The van der Waals surface area contributed by atoms with Crippen LogP contribution >= 0.6 is 15.9 Å². The van der Waals surface area contributed by atoms with E-state index in [0.717, 1.165) is 28.8 Å². The summed E-state index contributed by atoms with van der Waals surface area (Å²) in [6.45, 7) is 4.73. The molecule has 1 aromatic rings. The van der Waals surface area contributed by atoms with Gasteiger partial charge in [-0.3, -0.25) is 9.59 Å². The van der Waals surface area contributed by atoms with E-state index in [1.54, 1.807) is 7.11 Å². The topological polar surface area (TPSA) is 58.6 Å². The molecule has 2 amide bonds. The Morgan fingerprint density at radius 3 is 2.62 bits per heavy atom. The molecule has 1 N–H and O–H groups in total. The van der Waals surface area contributed by atoms with Gasteiger partial charge in [-0.2, -0.15) is 0 Å². The van der Waals surface area contributed by atoms with Crippen molar-refractivity contribution in [2.24, 2.45) is 11.8 Å². The lowest BCUT2D eigenvalue weighted by molar-refractivity contribution is -0.130. The van der Waals surface area contributed by atoms with E-state index >= 15 is 0 Å². The largest absolute Gasteiger partial charge is 0.495 e. The Morgan fingerprint density at radius 1 is 1.27 bits per heavy atom. The van der Waals surface area contributed by atoms with Crippen LogP contribution in [0.3, 0.4) is 0 Å². The summed E-state index contributed by atoms with van der Waals surface area (Å²) in [4.78, 5) is 27.2. The van der Waals surface area contributed by atoms with Gasteiger partial charge in [-0.1, -0.05) is 22.9 Å². The van der Waals surface area contributed by atoms with Gasteiger partial charge < -0.3 is 15.0 Å². The van der Waals surface area contributed by atoms with E-state index in [9.17, 15) is 9.59 Å². The highest BCUT2D eigenvalue weighted by atomic mass is 79.9. The molecule has 2 aliphatic rings. The highest BCUT2D eigenvalue weighted by molar-refractivity contribution is 9.10. The Bertz CT molecular complexity index is 699. The van der Waals surface area contributed by atoms with Crippen LogP contribution in [-0.4, -0.2) is 36.4 Å². The molecule has 0 bridgehead atoms. The number of nitrogens with zero attached hydrogens (tertiary/aromatic N) is 1. The van der Waals surface area contributed by atoms with Crippen LogP contribution < -0.4 is 10.1 Å². The standard InChI is InChI=1S/C20H27BrN2O3/c1-12-4-6-16(7-5-12)23-11-14(9-18(23)24)20(25)22-19-13(2)8-15(21)10-17(19)26-3/h8,10,12,14,16H,4-7,9,11H2,1-3H3,(H,22,25). The number of hydrogen-bond donors (Lipinski definition) is 1. The van der Waals surface area contributed by atoms with Gasteiger partial charge in [0, 0.05) is 23.5 Å². The first-order valence-corrected chi connectivity index (χ1v) is 10.1. The molecule has 1 saturated heterocycles. The minimum absolute atomic E-state index is 0.103. The third kappa shape index (κ3) is 4.05. The van der Waals surface area contributed by atoms with Gasteiger partial charge in [0.1, 0.15) is 5.75 Å². The van der Waals surface area contributed by atoms with Gasteiger partial charge in [-0.25, -0.2) is 0 Å². The highest BCUT2D eigenvalue weighted by Gasteiger charge is 2.39. The maximum Gasteiger partial charge on any atom is 0.229 e. The summed E-state index contributed by atoms with van der Waals surface area (Å²) < 4.78 is 6.30. The number of aryl methyl sites for hydroxylation is 1. The van der Waals surface area contributed by atoms with Gasteiger partial charge in [0.25, 0.3) is 0 Å². The molecule has 3 rings (SSSR count). The maximum absolute atomic E-state index is 12.8. The molecule has 1 atom stereocenters. The molecule has 0 aromatic heterocycles. The Balaban J connectivity index is 1.67. The van der Waals surface area contributed by atoms with Crippen molar-refractivity contribution in [2.45, 2.75) is 52.0 Å². The van der Waals surface area contributed by atoms with Crippen LogP contribution in [0.25, 0.3) is 0 Å². The van der Waals surface area contributed by atoms with Crippen LogP contribution in [0.1, 0.15) is 44.6 Å². The molecule has 5 nitrogen and oxygen atoms in total. The van der Waals surface area contributed by atoms with Crippen molar-refractivity contribution in [3.8, 4) is 5.75 Å². The number of methoxy groups -OCH3 is 1. The lowest BCUT2D eigenvalue weighted by Gasteiger charge is -2.33. The van der Waals surface area contributed by atoms with Crippen LogP contribution in [-0.2, 0) is 9.59 Å². The van der Waals surface area contributed by atoms with E-state index in [2.05, 4.69) is 28.2 Å². The zero-order chi connectivity index (χ0) is 18.8. The molecule has 1 aromatic carbocycles. The Hall–Kier alpha value is -1.56. The van der Waals surface area contributed by atoms with Crippen LogP contribution in [0.4, 0.5) is 5.69 Å². The first-order chi connectivity index (χ1) is 12.4. The van der Waals surface area contributed by atoms with Crippen molar-refractivity contribution in [3.63, 3.8) is 0 Å². The molecule has 2 fully saturated rings. The van der Waals surface area contributed by atoms with Gasteiger partial charge in [0.2, 0.25) is 11.8 Å². The van der Waals surface area contributed by atoms with Crippen molar-refractivity contribution < 1.29 is 14.3 Å². The lowest BCUT2D eigenvalue weighted by Crippen LogP contribution is -2.39. The second-order valence-electron chi connectivity index (χ2n) is 7.65. The molecule has 0 spiro atoms. The van der Waals surface area contributed by atoms with Crippen LogP contribution in [0.5, 0.6) is 5.75 Å². The van der Waals surface area contributed by atoms with E-state index < -0.39 is 0 Å². The number of likely N-dealkylation sites (tertiary alicyclic amines) is 1. The molecular formula is C20H27BrN2O3. The molecule has 1 heterocycles. The summed E-state index contributed by atoms with van der Waals surface area (Å²) in [5, 5.41) is 2.99. The van der Waals surface area contributed by atoms with Gasteiger partial charge in [0.15, 0.2) is 0 Å².